The second-order valence-corrected chi connectivity index (χ2v) is 14.2. The van der Waals surface area contributed by atoms with Gasteiger partial charge in [0, 0.05) is 32.7 Å². The molecule has 0 bridgehead atoms. The number of piperazine rings is 1. The third-order valence-electron chi connectivity index (χ3n) is 9.12. The monoisotopic (exact) mass is 687 g/mol. The molecule has 272 valence electrons. The molecule has 2 heterocycles. The highest BCUT2D eigenvalue weighted by Gasteiger charge is 2.43. The van der Waals surface area contributed by atoms with Crippen molar-refractivity contribution in [3.63, 3.8) is 0 Å². The average Bonchev–Trinajstić information content (AvgIpc) is 3.53. The van der Waals surface area contributed by atoms with Crippen LogP contribution in [0.15, 0.2) is 24.3 Å². The van der Waals surface area contributed by atoms with Crippen molar-refractivity contribution in [3.05, 3.63) is 30.1 Å². The molecule has 3 fully saturated rings. The summed E-state index contributed by atoms with van der Waals surface area (Å²) in [6.45, 7) is 11.2. The first kappa shape index (κ1) is 39.2. The molecule has 6 amide bonds. The number of ketones is 1. The number of para-hydroxylation sites is 1. The van der Waals surface area contributed by atoms with Gasteiger partial charge in [0.2, 0.25) is 23.5 Å². The SMILES string of the molecule is CC(C)(C)C(NC(=O)NCC(=O)N1CCN(c2ccccc2F)CC1)C(=O)N1CCCC1C(=O)NC(CC1CCC1)C(=O)C(N)=O.CCC. The number of Topliss-reactive ketones (excluding diaryl/α,β-unsaturated/α-hetero) is 1. The molecule has 2 saturated heterocycles. The van der Waals surface area contributed by atoms with Crippen molar-refractivity contribution in [2.24, 2.45) is 17.1 Å². The van der Waals surface area contributed by atoms with E-state index in [1.54, 1.807) is 43.9 Å². The largest absolute Gasteiger partial charge is 0.366 e. The fourth-order valence-corrected chi connectivity index (χ4v) is 6.21. The number of carbonyl (C=O) groups is 6. The lowest BCUT2D eigenvalue weighted by atomic mass is 9.80. The lowest BCUT2D eigenvalue weighted by molar-refractivity contribution is -0.143. The van der Waals surface area contributed by atoms with Crippen LogP contribution < -0.4 is 26.6 Å². The number of halogens is 1. The Hall–Kier alpha value is -4.23. The number of amides is 6. The highest BCUT2D eigenvalue weighted by molar-refractivity contribution is 6.37. The summed E-state index contributed by atoms with van der Waals surface area (Å²) in [5, 5.41) is 7.91. The second-order valence-electron chi connectivity index (χ2n) is 14.2. The number of nitrogens with one attached hydrogen (secondary N) is 3. The number of carbonyl (C=O) groups excluding carboxylic acids is 6. The molecule has 4 rings (SSSR count). The Morgan fingerprint density at radius 3 is 2.10 bits per heavy atom. The van der Waals surface area contributed by atoms with Crippen molar-refractivity contribution < 1.29 is 33.2 Å². The molecule has 1 saturated carbocycles. The summed E-state index contributed by atoms with van der Waals surface area (Å²) in [6, 6.07) is 2.81. The fraction of sp³-hybridized carbons (Fsp3) is 0.657. The number of nitrogens with two attached hydrogens (primary N) is 1. The molecule has 2 aliphatic heterocycles. The summed E-state index contributed by atoms with van der Waals surface area (Å²) >= 11 is 0. The van der Waals surface area contributed by atoms with Crippen molar-refractivity contribution in [2.45, 2.75) is 97.7 Å². The van der Waals surface area contributed by atoms with Crippen molar-refractivity contribution in [1.29, 1.82) is 0 Å². The van der Waals surface area contributed by atoms with Gasteiger partial charge >= 0.3 is 6.03 Å². The number of hydrogen-bond donors (Lipinski definition) is 4. The standard InChI is InChI=1S/C32H46FN7O6.C3H8/c1-32(2,3)27(37-31(46)35-19-25(41)39-16-14-38(15-17-39)23-11-5-4-10-21(23)33)30(45)40-13-7-12-24(40)29(44)36-22(26(42)28(34)43)18-20-8-6-9-20;1-3-2/h4-5,10-11,20,22,24,27H,6-9,12-19H2,1-3H3,(H2,34,43)(H,36,44)(H2,35,37,46);3H2,1-2H3. The summed E-state index contributed by atoms with van der Waals surface area (Å²) in [5.41, 5.74) is 4.97. The van der Waals surface area contributed by atoms with Crippen molar-refractivity contribution in [1.82, 2.24) is 25.8 Å². The molecule has 3 unspecified atom stereocenters. The summed E-state index contributed by atoms with van der Waals surface area (Å²) in [6.07, 6.45) is 5.32. The number of anilines is 1. The summed E-state index contributed by atoms with van der Waals surface area (Å²) in [4.78, 5) is 81.9. The number of primary amides is 1. The van der Waals surface area contributed by atoms with E-state index in [0.717, 1.165) is 19.3 Å². The van der Waals surface area contributed by atoms with Gasteiger partial charge in [0.1, 0.15) is 17.9 Å². The van der Waals surface area contributed by atoms with Gasteiger partial charge in [0.25, 0.3) is 5.91 Å². The maximum Gasteiger partial charge on any atom is 0.315 e. The molecule has 1 aromatic carbocycles. The minimum absolute atomic E-state index is 0.221. The van der Waals surface area contributed by atoms with Gasteiger partial charge in [-0.25, -0.2) is 9.18 Å². The van der Waals surface area contributed by atoms with Gasteiger partial charge in [-0.2, -0.15) is 0 Å². The summed E-state index contributed by atoms with van der Waals surface area (Å²) < 4.78 is 14.2. The average molecular weight is 688 g/mol. The van der Waals surface area contributed by atoms with Crippen LogP contribution in [0.1, 0.15) is 79.6 Å². The Morgan fingerprint density at radius 2 is 1.55 bits per heavy atom. The van der Waals surface area contributed by atoms with Gasteiger partial charge in [-0.05, 0) is 42.7 Å². The van der Waals surface area contributed by atoms with Gasteiger partial charge < -0.3 is 36.4 Å². The normalized spacial score (nSPS) is 19.1. The van der Waals surface area contributed by atoms with Crippen molar-refractivity contribution >= 4 is 41.1 Å². The predicted octanol–water partition coefficient (Wildman–Crippen LogP) is 2.32. The van der Waals surface area contributed by atoms with E-state index in [-0.39, 0.29) is 30.7 Å². The molecule has 14 heteroatoms. The van der Waals surface area contributed by atoms with Crippen LogP contribution in [0.4, 0.5) is 14.9 Å². The summed E-state index contributed by atoms with van der Waals surface area (Å²) in [5.74, 6) is -3.39. The molecule has 3 aliphatic rings. The van der Waals surface area contributed by atoms with E-state index in [4.69, 9.17) is 5.73 Å². The number of benzene rings is 1. The Morgan fingerprint density at radius 1 is 0.918 bits per heavy atom. The van der Waals surface area contributed by atoms with Crippen LogP contribution in [-0.4, -0.2) is 103 Å². The first-order valence-corrected chi connectivity index (χ1v) is 17.4. The molecule has 5 N–H and O–H groups in total. The molecule has 49 heavy (non-hydrogen) atoms. The van der Waals surface area contributed by atoms with E-state index < -0.39 is 53.1 Å². The first-order valence-electron chi connectivity index (χ1n) is 17.4. The quantitative estimate of drug-likeness (QED) is 0.258. The Bertz CT molecular complexity index is 1340. The zero-order valence-corrected chi connectivity index (χ0v) is 29.6. The highest BCUT2D eigenvalue weighted by atomic mass is 19.1. The first-order chi connectivity index (χ1) is 23.2. The zero-order chi connectivity index (χ0) is 36.3. The maximum atomic E-state index is 14.2. The van der Waals surface area contributed by atoms with E-state index in [0.29, 0.717) is 51.1 Å². The van der Waals surface area contributed by atoms with Crippen LogP contribution in [-0.2, 0) is 24.0 Å². The molecular formula is C35H54FN7O6. The zero-order valence-electron chi connectivity index (χ0n) is 29.6. The number of rotatable bonds is 11. The Kier molecular flexibility index (Phi) is 14.4. The molecule has 1 aliphatic carbocycles. The maximum absolute atomic E-state index is 14.2. The van der Waals surface area contributed by atoms with E-state index in [1.165, 1.54) is 17.4 Å². The van der Waals surface area contributed by atoms with Crippen LogP contribution in [0.25, 0.3) is 0 Å². The van der Waals surface area contributed by atoms with Crippen LogP contribution >= 0.6 is 0 Å². The van der Waals surface area contributed by atoms with E-state index >= 15 is 0 Å². The van der Waals surface area contributed by atoms with Gasteiger partial charge in [0.05, 0.1) is 18.3 Å². The topological polar surface area (TPSA) is 174 Å². The number of urea groups is 1. The minimum atomic E-state index is -1.12. The highest BCUT2D eigenvalue weighted by Crippen LogP contribution is 2.31. The van der Waals surface area contributed by atoms with Gasteiger partial charge in [0.15, 0.2) is 0 Å². The fourth-order valence-electron chi connectivity index (χ4n) is 6.21. The Labute approximate surface area is 288 Å². The third kappa shape index (κ3) is 10.9. The molecule has 0 radical (unpaired) electrons. The molecule has 0 aromatic heterocycles. The number of likely N-dealkylation sites (tertiary alicyclic amines) is 1. The molecule has 13 nitrogen and oxygen atoms in total. The van der Waals surface area contributed by atoms with Crippen LogP contribution in [0.2, 0.25) is 0 Å². The molecule has 3 atom stereocenters. The Balaban J connectivity index is 0.00000209. The van der Waals surface area contributed by atoms with Crippen LogP contribution in [0.5, 0.6) is 0 Å². The molecular weight excluding hydrogens is 633 g/mol. The molecule has 0 spiro atoms. The van der Waals surface area contributed by atoms with Crippen LogP contribution in [0.3, 0.4) is 0 Å². The smallest absolute Gasteiger partial charge is 0.315 e. The number of nitrogens with zero attached hydrogens (tertiary/aromatic N) is 3. The minimum Gasteiger partial charge on any atom is -0.366 e. The second kappa shape index (κ2) is 18.0. The number of hydrogen-bond acceptors (Lipinski definition) is 7. The van der Waals surface area contributed by atoms with Crippen LogP contribution in [0, 0.1) is 17.2 Å². The lowest BCUT2D eigenvalue weighted by Gasteiger charge is -2.37. The lowest BCUT2D eigenvalue weighted by Crippen LogP contribution is -2.60. The van der Waals surface area contributed by atoms with Gasteiger partial charge in [-0.1, -0.05) is 72.4 Å². The van der Waals surface area contributed by atoms with Gasteiger partial charge in [-0.15, -0.1) is 0 Å². The van der Waals surface area contributed by atoms with Crippen molar-refractivity contribution in [3.8, 4) is 0 Å². The van der Waals surface area contributed by atoms with Crippen molar-refractivity contribution in [2.75, 3.05) is 44.2 Å². The van der Waals surface area contributed by atoms with Gasteiger partial charge in [-0.3, -0.25) is 24.0 Å². The third-order valence-corrected chi connectivity index (χ3v) is 9.12. The predicted molar refractivity (Wildman–Crippen MR) is 184 cm³/mol. The molecule has 1 aromatic rings. The van der Waals surface area contributed by atoms with E-state index in [1.807, 2.05) is 4.90 Å². The summed E-state index contributed by atoms with van der Waals surface area (Å²) in [7, 11) is 0. The van der Waals surface area contributed by atoms with E-state index in [2.05, 4.69) is 29.8 Å². The van der Waals surface area contributed by atoms with E-state index in [9.17, 15) is 33.2 Å².